The third-order valence-electron chi connectivity index (χ3n) is 3.05. The maximum absolute atomic E-state index is 5.03. The lowest BCUT2D eigenvalue weighted by molar-refractivity contribution is 0.384. The van der Waals surface area contributed by atoms with Crippen molar-refractivity contribution in [2.24, 2.45) is 0 Å². The van der Waals surface area contributed by atoms with Crippen LogP contribution >= 0.6 is 0 Å². The number of aryl methyl sites for hydroxylation is 1. The summed E-state index contributed by atoms with van der Waals surface area (Å²) >= 11 is 0. The Labute approximate surface area is 105 Å². The highest BCUT2D eigenvalue weighted by atomic mass is 16.5. The van der Waals surface area contributed by atoms with Gasteiger partial charge in [0.1, 0.15) is 5.76 Å². The molecule has 0 spiro atoms. The third kappa shape index (κ3) is 6.47. The molecule has 0 saturated heterocycles. The molecule has 1 N–H and O–H groups in total. The van der Waals surface area contributed by atoms with Crippen LogP contribution in [-0.2, 0) is 6.54 Å². The molecule has 0 amide bonds. The fourth-order valence-electron chi connectivity index (χ4n) is 1.94. The molecule has 0 aliphatic heterocycles. The van der Waals surface area contributed by atoms with Crippen molar-refractivity contribution in [2.75, 3.05) is 0 Å². The summed E-state index contributed by atoms with van der Waals surface area (Å²) in [4.78, 5) is 0. The van der Waals surface area contributed by atoms with Gasteiger partial charge in [0.2, 0.25) is 0 Å². The Balaban J connectivity index is 2.03. The molecule has 0 aliphatic rings. The average Bonchev–Trinajstić information content (AvgIpc) is 2.72. The van der Waals surface area contributed by atoms with Gasteiger partial charge in [0.25, 0.3) is 0 Å². The van der Waals surface area contributed by atoms with Gasteiger partial charge >= 0.3 is 0 Å². The van der Waals surface area contributed by atoms with Crippen molar-refractivity contribution in [3.8, 4) is 0 Å². The number of aromatic nitrogens is 1. The Morgan fingerprint density at radius 3 is 2.71 bits per heavy atom. The Hall–Kier alpha value is -0.830. The number of unbranched alkanes of at least 4 members (excludes halogenated alkanes) is 4. The average molecular weight is 238 g/mol. The zero-order valence-electron chi connectivity index (χ0n) is 11.5. The minimum atomic E-state index is 0.564. The molecule has 17 heavy (non-hydrogen) atoms. The zero-order chi connectivity index (χ0) is 12.5. The molecule has 0 aliphatic carbocycles. The summed E-state index contributed by atoms with van der Waals surface area (Å²) < 4.78 is 5.03. The Kier molecular flexibility index (Phi) is 6.94. The molecule has 0 radical (unpaired) electrons. The standard InChI is InChI=1S/C14H26N2O/c1-4-5-6-7-8-9-12(2)15-11-14-10-13(3)17-16-14/h10,12,15H,4-9,11H2,1-3H3. The van der Waals surface area contributed by atoms with Crippen LogP contribution in [0.3, 0.4) is 0 Å². The van der Waals surface area contributed by atoms with Crippen molar-refractivity contribution in [1.29, 1.82) is 0 Å². The molecule has 1 unspecified atom stereocenters. The molecule has 1 heterocycles. The summed E-state index contributed by atoms with van der Waals surface area (Å²) in [6.07, 6.45) is 8.01. The van der Waals surface area contributed by atoms with E-state index in [0.717, 1.165) is 18.0 Å². The van der Waals surface area contributed by atoms with Gasteiger partial charge in [0.15, 0.2) is 0 Å². The Morgan fingerprint density at radius 1 is 1.29 bits per heavy atom. The quantitative estimate of drug-likeness (QED) is 0.665. The minimum absolute atomic E-state index is 0.564. The van der Waals surface area contributed by atoms with Crippen LogP contribution in [0.15, 0.2) is 10.6 Å². The van der Waals surface area contributed by atoms with Gasteiger partial charge in [-0.3, -0.25) is 0 Å². The summed E-state index contributed by atoms with van der Waals surface area (Å²) in [5.41, 5.74) is 1.00. The lowest BCUT2D eigenvalue weighted by Gasteiger charge is -2.12. The zero-order valence-corrected chi connectivity index (χ0v) is 11.5. The van der Waals surface area contributed by atoms with E-state index in [9.17, 15) is 0 Å². The fraction of sp³-hybridized carbons (Fsp3) is 0.786. The van der Waals surface area contributed by atoms with E-state index in [0.29, 0.717) is 6.04 Å². The normalized spacial score (nSPS) is 12.9. The van der Waals surface area contributed by atoms with Crippen LogP contribution in [0.2, 0.25) is 0 Å². The third-order valence-corrected chi connectivity index (χ3v) is 3.05. The van der Waals surface area contributed by atoms with Gasteiger partial charge in [-0.25, -0.2) is 0 Å². The first-order chi connectivity index (χ1) is 8.22. The topological polar surface area (TPSA) is 38.1 Å². The van der Waals surface area contributed by atoms with Gasteiger partial charge in [-0.05, 0) is 20.3 Å². The SMILES string of the molecule is CCCCCCCC(C)NCc1cc(C)on1. The highest BCUT2D eigenvalue weighted by molar-refractivity contribution is 5.02. The molecule has 1 atom stereocenters. The summed E-state index contributed by atoms with van der Waals surface area (Å²) in [7, 11) is 0. The van der Waals surface area contributed by atoms with Crippen LogP contribution in [0.5, 0.6) is 0 Å². The highest BCUT2D eigenvalue weighted by Crippen LogP contribution is 2.08. The van der Waals surface area contributed by atoms with Crippen molar-refractivity contribution in [3.05, 3.63) is 17.5 Å². The molecule has 1 aromatic rings. The first-order valence-corrected chi connectivity index (χ1v) is 6.88. The second kappa shape index (κ2) is 8.29. The van der Waals surface area contributed by atoms with Crippen LogP contribution < -0.4 is 5.32 Å². The van der Waals surface area contributed by atoms with Crippen LogP contribution in [-0.4, -0.2) is 11.2 Å². The predicted octanol–water partition coefficient (Wildman–Crippen LogP) is 3.82. The molecule has 3 nitrogen and oxygen atoms in total. The fourth-order valence-corrected chi connectivity index (χ4v) is 1.94. The van der Waals surface area contributed by atoms with Crippen LogP contribution in [0.1, 0.15) is 63.8 Å². The monoisotopic (exact) mass is 238 g/mol. The Bertz CT molecular complexity index is 296. The van der Waals surface area contributed by atoms with Crippen LogP contribution in [0.4, 0.5) is 0 Å². The van der Waals surface area contributed by atoms with Crippen molar-refractivity contribution in [3.63, 3.8) is 0 Å². The number of nitrogens with zero attached hydrogens (tertiary/aromatic N) is 1. The van der Waals surface area contributed by atoms with E-state index >= 15 is 0 Å². The first-order valence-electron chi connectivity index (χ1n) is 6.88. The van der Waals surface area contributed by atoms with E-state index in [1.807, 2.05) is 13.0 Å². The maximum atomic E-state index is 5.03. The summed E-state index contributed by atoms with van der Waals surface area (Å²) in [5, 5.41) is 7.45. The molecule has 0 aromatic carbocycles. The van der Waals surface area contributed by atoms with Gasteiger partial charge in [0.05, 0.1) is 5.69 Å². The van der Waals surface area contributed by atoms with Crippen molar-refractivity contribution >= 4 is 0 Å². The second-order valence-corrected chi connectivity index (χ2v) is 4.91. The molecule has 3 heteroatoms. The highest BCUT2D eigenvalue weighted by Gasteiger charge is 2.04. The van der Waals surface area contributed by atoms with E-state index in [4.69, 9.17) is 4.52 Å². The smallest absolute Gasteiger partial charge is 0.133 e. The number of nitrogens with one attached hydrogen (secondary N) is 1. The predicted molar refractivity (Wildman–Crippen MR) is 70.9 cm³/mol. The van der Waals surface area contributed by atoms with Crippen molar-refractivity contribution < 1.29 is 4.52 Å². The lowest BCUT2D eigenvalue weighted by Crippen LogP contribution is -2.25. The molecular formula is C14H26N2O. The largest absolute Gasteiger partial charge is 0.361 e. The molecule has 1 rings (SSSR count). The molecule has 0 saturated carbocycles. The second-order valence-electron chi connectivity index (χ2n) is 4.91. The summed E-state index contributed by atoms with van der Waals surface area (Å²) in [6.45, 7) is 7.23. The first kappa shape index (κ1) is 14.2. The maximum Gasteiger partial charge on any atom is 0.133 e. The van der Waals surface area contributed by atoms with E-state index in [2.05, 4.69) is 24.3 Å². The van der Waals surface area contributed by atoms with E-state index in [-0.39, 0.29) is 0 Å². The van der Waals surface area contributed by atoms with Gasteiger partial charge < -0.3 is 9.84 Å². The number of rotatable bonds is 9. The van der Waals surface area contributed by atoms with Gasteiger partial charge in [-0.1, -0.05) is 44.2 Å². The van der Waals surface area contributed by atoms with Crippen molar-refractivity contribution in [2.45, 2.75) is 71.9 Å². The number of hydrogen-bond donors (Lipinski definition) is 1. The van der Waals surface area contributed by atoms with Gasteiger partial charge in [-0.15, -0.1) is 0 Å². The van der Waals surface area contributed by atoms with E-state index < -0.39 is 0 Å². The summed E-state index contributed by atoms with van der Waals surface area (Å²) in [6, 6.07) is 2.55. The van der Waals surface area contributed by atoms with Crippen molar-refractivity contribution in [1.82, 2.24) is 10.5 Å². The number of hydrogen-bond acceptors (Lipinski definition) is 3. The summed E-state index contributed by atoms with van der Waals surface area (Å²) in [5.74, 6) is 0.883. The van der Waals surface area contributed by atoms with Gasteiger partial charge in [0, 0.05) is 18.7 Å². The van der Waals surface area contributed by atoms with Crippen LogP contribution in [0.25, 0.3) is 0 Å². The lowest BCUT2D eigenvalue weighted by atomic mass is 10.1. The van der Waals surface area contributed by atoms with E-state index in [1.54, 1.807) is 0 Å². The molecular weight excluding hydrogens is 212 g/mol. The van der Waals surface area contributed by atoms with E-state index in [1.165, 1.54) is 38.5 Å². The minimum Gasteiger partial charge on any atom is -0.361 e. The van der Waals surface area contributed by atoms with Crippen LogP contribution in [0, 0.1) is 6.92 Å². The molecule has 0 bridgehead atoms. The Morgan fingerprint density at radius 2 is 2.06 bits per heavy atom. The molecule has 0 fully saturated rings. The molecule has 1 aromatic heterocycles. The van der Waals surface area contributed by atoms with Gasteiger partial charge in [-0.2, -0.15) is 0 Å². The molecule has 98 valence electrons.